The van der Waals surface area contributed by atoms with E-state index in [-0.39, 0.29) is 12.4 Å². The van der Waals surface area contributed by atoms with Crippen LogP contribution in [0, 0.1) is 0 Å². The number of carbonyl (C=O) groups excluding carboxylic acids is 1. The molecule has 2 aromatic heterocycles. The maximum Gasteiger partial charge on any atom is 0.314 e. The summed E-state index contributed by atoms with van der Waals surface area (Å²) < 4.78 is 30.2. The number of pyridine rings is 1. The van der Waals surface area contributed by atoms with Gasteiger partial charge in [0.05, 0.1) is 35.2 Å². The van der Waals surface area contributed by atoms with Crippen molar-refractivity contribution in [3.05, 3.63) is 54.2 Å². The van der Waals surface area contributed by atoms with Gasteiger partial charge in [0.15, 0.2) is 0 Å². The van der Waals surface area contributed by atoms with Crippen molar-refractivity contribution in [1.82, 2.24) is 20.1 Å². The van der Waals surface area contributed by atoms with Crippen molar-refractivity contribution in [1.29, 1.82) is 0 Å². The molecule has 0 spiro atoms. The SMILES string of the molecule is CN1CC(N(C)c2ccccc2N(C=O)Cc2ccc(-c3nnc(C(F)F)o3)cn2)C1. The number of likely N-dealkylation sites (N-methyl/N-ethyl adjacent to an activating group) is 2. The Labute approximate surface area is 178 Å². The van der Waals surface area contributed by atoms with E-state index in [0.29, 0.717) is 17.3 Å². The average molecular weight is 428 g/mol. The minimum atomic E-state index is -2.83. The van der Waals surface area contributed by atoms with Crippen LogP contribution < -0.4 is 9.80 Å². The van der Waals surface area contributed by atoms with Crippen LogP contribution in [0.1, 0.15) is 18.0 Å². The van der Waals surface area contributed by atoms with Crippen LogP contribution in [-0.4, -0.2) is 59.7 Å². The van der Waals surface area contributed by atoms with Crippen LogP contribution in [0.25, 0.3) is 11.5 Å². The lowest BCUT2D eigenvalue weighted by molar-refractivity contribution is -0.107. The van der Waals surface area contributed by atoms with Crippen molar-refractivity contribution < 1.29 is 18.0 Å². The Morgan fingerprint density at radius 2 is 1.94 bits per heavy atom. The van der Waals surface area contributed by atoms with Crippen molar-refractivity contribution in [2.24, 2.45) is 0 Å². The van der Waals surface area contributed by atoms with Crippen molar-refractivity contribution in [2.75, 3.05) is 37.0 Å². The molecular weight excluding hydrogens is 406 g/mol. The number of halogens is 2. The number of anilines is 2. The van der Waals surface area contributed by atoms with Crippen LogP contribution in [0.3, 0.4) is 0 Å². The van der Waals surface area contributed by atoms with Gasteiger partial charge in [-0.1, -0.05) is 12.1 Å². The highest BCUT2D eigenvalue weighted by Gasteiger charge is 2.29. The molecule has 1 amide bonds. The van der Waals surface area contributed by atoms with E-state index in [9.17, 15) is 13.6 Å². The molecule has 0 bridgehead atoms. The smallest absolute Gasteiger partial charge is 0.314 e. The molecule has 31 heavy (non-hydrogen) atoms. The van der Waals surface area contributed by atoms with Gasteiger partial charge >= 0.3 is 6.43 Å². The maximum atomic E-state index is 12.6. The van der Waals surface area contributed by atoms with Crippen LogP contribution in [-0.2, 0) is 11.3 Å². The number of amides is 1. The molecule has 0 radical (unpaired) electrons. The summed E-state index contributed by atoms with van der Waals surface area (Å²) in [7, 11) is 4.11. The molecular formula is C21H22F2N6O2. The normalized spacial score (nSPS) is 14.5. The van der Waals surface area contributed by atoms with Crippen molar-refractivity contribution in [3.8, 4) is 11.5 Å². The average Bonchev–Trinajstić information content (AvgIpc) is 3.26. The zero-order chi connectivity index (χ0) is 22.0. The van der Waals surface area contributed by atoms with Gasteiger partial charge in [-0.05, 0) is 31.3 Å². The van der Waals surface area contributed by atoms with Gasteiger partial charge in [-0.2, -0.15) is 8.78 Å². The molecule has 0 unspecified atom stereocenters. The summed E-state index contributed by atoms with van der Waals surface area (Å²) >= 11 is 0. The molecule has 1 aliphatic rings. The van der Waals surface area contributed by atoms with Crippen molar-refractivity contribution >= 4 is 17.8 Å². The highest BCUT2D eigenvalue weighted by molar-refractivity contribution is 5.84. The zero-order valence-corrected chi connectivity index (χ0v) is 17.2. The Morgan fingerprint density at radius 3 is 2.52 bits per heavy atom. The van der Waals surface area contributed by atoms with Gasteiger partial charge in [0.2, 0.25) is 12.3 Å². The Bertz CT molecular complexity index is 1040. The number of likely N-dealkylation sites (tertiary alicyclic amines) is 1. The molecule has 0 atom stereocenters. The summed E-state index contributed by atoms with van der Waals surface area (Å²) in [6.45, 7) is 2.20. The molecule has 0 saturated carbocycles. The highest BCUT2D eigenvalue weighted by Crippen LogP contribution is 2.32. The lowest BCUT2D eigenvalue weighted by atomic mass is 10.1. The monoisotopic (exact) mass is 428 g/mol. The molecule has 3 heterocycles. The van der Waals surface area contributed by atoms with E-state index in [0.717, 1.165) is 30.9 Å². The largest absolute Gasteiger partial charge is 0.415 e. The van der Waals surface area contributed by atoms with Gasteiger partial charge in [-0.3, -0.25) is 9.78 Å². The summed E-state index contributed by atoms with van der Waals surface area (Å²) in [5.41, 5.74) is 2.81. The molecule has 162 valence electrons. The minimum absolute atomic E-state index is 0.0287. The molecule has 1 aliphatic heterocycles. The van der Waals surface area contributed by atoms with E-state index in [1.165, 1.54) is 6.20 Å². The third-order valence-corrected chi connectivity index (χ3v) is 5.32. The second-order valence-electron chi connectivity index (χ2n) is 7.49. The van der Waals surface area contributed by atoms with Gasteiger partial charge in [-0.15, -0.1) is 10.2 Å². The number of para-hydroxylation sites is 2. The molecule has 1 saturated heterocycles. The number of nitrogens with zero attached hydrogens (tertiary/aromatic N) is 6. The first-order valence-corrected chi connectivity index (χ1v) is 9.75. The van der Waals surface area contributed by atoms with E-state index in [2.05, 4.69) is 32.0 Å². The highest BCUT2D eigenvalue weighted by atomic mass is 19.3. The predicted molar refractivity (Wildman–Crippen MR) is 111 cm³/mol. The fourth-order valence-corrected chi connectivity index (χ4v) is 3.55. The first-order chi connectivity index (χ1) is 15.0. The fourth-order valence-electron chi connectivity index (χ4n) is 3.55. The Balaban J connectivity index is 1.51. The molecule has 8 nitrogen and oxygen atoms in total. The Kier molecular flexibility index (Phi) is 5.90. The van der Waals surface area contributed by atoms with Gasteiger partial charge in [0, 0.05) is 26.3 Å². The molecule has 4 rings (SSSR count). The van der Waals surface area contributed by atoms with Crippen LogP contribution in [0.5, 0.6) is 0 Å². The fraction of sp³-hybridized carbons (Fsp3) is 0.333. The van der Waals surface area contributed by atoms with E-state index in [1.807, 2.05) is 31.3 Å². The summed E-state index contributed by atoms with van der Waals surface area (Å²) in [6.07, 6.45) is -0.584. The second kappa shape index (κ2) is 8.76. The maximum absolute atomic E-state index is 12.6. The van der Waals surface area contributed by atoms with Crippen LogP contribution in [0.15, 0.2) is 47.0 Å². The summed E-state index contributed by atoms with van der Waals surface area (Å²) in [5.74, 6) is -0.761. The predicted octanol–water partition coefficient (Wildman–Crippen LogP) is 2.98. The molecule has 10 heteroatoms. The number of rotatable bonds is 8. The van der Waals surface area contributed by atoms with Crippen LogP contribution >= 0.6 is 0 Å². The van der Waals surface area contributed by atoms with Crippen molar-refractivity contribution in [2.45, 2.75) is 19.0 Å². The van der Waals surface area contributed by atoms with Crippen molar-refractivity contribution in [3.63, 3.8) is 0 Å². The third kappa shape index (κ3) is 4.38. The Hall–Kier alpha value is -3.40. The van der Waals surface area contributed by atoms with Gasteiger partial charge < -0.3 is 19.1 Å². The van der Waals surface area contributed by atoms with E-state index in [4.69, 9.17) is 4.42 Å². The van der Waals surface area contributed by atoms with Gasteiger partial charge in [-0.25, -0.2) is 0 Å². The number of hydrogen-bond acceptors (Lipinski definition) is 7. The van der Waals surface area contributed by atoms with E-state index >= 15 is 0 Å². The summed E-state index contributed by atoms with van der Waals surface area (Å²) in [5, 5.41) is 6.93. The van der Waals surface area contributed by atoms with Gasteiger partial charge in [0.25, 0.3) is 5.89 Å². The number of benzene rings is 1. The minimum Gasteiger partial charge on any atom is -0.415 e. The number of hydrogen-bond donors (Lipinski definition) is 0. The quantitative estimate of drug-likeness (QED) is 0.511. The van der Waals surface area contributed by atoms with E-state index < -0.39 is 12.3 Å². The first-order valence-electron chi connectivity index (χ1n) is 9.75. The van der Waals surface area contributed by atoms with Crippen LogP contribution in [0.4, 0.5) is 20.2 Å². The first kappa shape index (κ1) is 20.9. The molecule has 1 aromatic carbocycles. The summed E-state index contributed by atoms with van der Waals surface area (Å²) in [4.78, 5) is 22.3. The molecule has 1 fully saturated rings. The number of alkyl halides is 2. The number of carbonyl (C=O) groups is 1. The second-order valence-corrected chi connectivity index (χ2v) is 7.49. The molecule has 0 N–H and O–H groups in total. The lowest BCUT2D eigenvalue weighted by Gasteiger charge is -2.43. The van der Waals surface area contributed by atoms with Gasteiger partial charge in [0.1, 0.15) is 0 Å². The standard InChI is InChI=1S/C21H22F2N6O2/c1-27-11-16(12-27)28(2)17-5-3-4-6-18(17)29(13-30)10-15-8-7-14(9-24-15)20-25-26-21(31-20)19(22)23/h3-9,13,16,19H,10-12H2,1-2H3. The molecule has 3 aromatic rings. The lowest BCUT2D eigenvalue weighted by Crippen LogP contribution is -2.56. The number of aromatic nitrogens is 3. The van der Waals surface area contributed by atoms with E-state index in [1.54, 1.807) is 17.0 Å². The molecule has 0 aliphatic carbocycles. The topological polar surface area (TPSA) is 78.6 Å². The summed E-state index contributed by atoms with van der Waals surface area (Å²) in [6, 6.07) is 11.5. The zero-order valence-electron chi connectivity index (χ0n) is 17.2. The van der Waals surface area contributed by atoms with Crippen LogP contribution in [0.2, 0.25) is 0 Å². The Morgan fingerprint density at radius 1 is 1.19 bits per heavy atom. The third-order valence-electron chi connectivity index (χ3n) is 5.32.